The number of carbonyl (C=O) groups is 1. The molecule has 4 heterocycles. The zero-order chi connectivity index (χ0) is 18.8. The molecule has 2 aliphatic heterocycles. The highest BCUT2D eigenvalue weighted by atomic mass is 16.4. The van der Waals surface area contributed by atoms with Gasteiger partial charge in [0.25, 0.3) is 0 Å². The lowest BCUT2D eigenvalue weighted by Gasteiger charge is -2.33. The minimum atomic E-state index is -0.995. The molecule has 1 N–H and O–H groups in total. The normalized spacial score (nSPS) is 20.9. The highest BCUT2D eigenvalue weighted by Gasteiger charge is 2.27. The van der Waals surface area contributed by atoms with Gasteiger partial charge in [0.2, 0.25) is 0 Å². The molecule has 4 rings (SSSR count). The molecule has 2 aromatic rings. The van der Waals surface area contributed by atoms with Gasteiger partial charge in [-0.15, -0.1) is 10.2 Å². The van der Waals surface area contributed by atoms with E-state index in [1.807, 2.05) is 6.07 Å². The second-order valence-electron chi connectivity index (χ2n) is 7.49. The van der Waals surface area contributed by atoms with Crippen molar-refractivity contribution in [3.8, 4) is 0 Å². The maximum Gasteiger partial charge on any atom is 0.354 e. The number of pyridine rings is 1. The van der Waals surface area contributed by atoms with E-state index in [1.54, 1.807) is 6.07 Å². The van der Waals surface area contributed by atoms with Crippen LogP contribution in [-0.4, -0.2) is 61.9 Å². The topological polar surface area (TPSA) is 87.4 Å². The second kappa shape index (κ2) is 7.64. The summed E-state index contributed by atoms with van der Waals surface area (Å²) >= 11 is 0. The number of nitrogens with zero attached hydrogens (tertiary/aromatic N) is 6. The molecule has 2 aliphatic rings. The molecule has 2 aromatic heterocycles. The zero-order valence-electron chi connectivity index (χ0n) is 15.7. The van der Waals surface area contributed by atoms with Crippen LogP contribution in [-0.2, 0) is 13.6 Å². The van der Waals surface area contributed by atoms with Crippen LogP contribution in [0.3, 0.4) is 0 Å². The van der Waals surface area contributed by atoms with Gasteiger partial charge in [-0.25, -0.2) is 9.78 Å². The summed E-state index contributed by atoms with van der Waals surface area (Å²) in [6.07, 6.45) is 4.62. The number of hydrogen-bond acceptors (Lipinski definition) is 6. The first-order valence-electron chi connectivity index (χ1n) is 9.67. The summed E-state index contributed by atoms with van der Waals surface area (Å²) in [7, 11) is 2.06. The molecule has 0 aliphatic carbocycles. The Bertz CT molecular complexity index is 814. The Labute approximate surface area is 158 Å². The molecular formula is C19H26N6O2. The fourth-order valence-electron chi connectivity index (χ4n) is 4.12. The lowest BCUT2D eigenvalue weighted by atomic mass is 9.97. The Balaban J connectivity index is 1.49. The van der Waals surface area contributed by atoms with E-state index in [1.165, 1.54) is 18.9 Å². The first kappa shape index (κ1) is 17.9. The maximum absolute atomic E-state index is 11.2. The first-order chi connectivity index (χ1) is 13.1. The highest BCUT2D eigenvalue weighted by Crippen LogP contribution is 2.28. The van der Waals surface area contributed by atoms with Gasteiger partial charge in [-0.2, -0.15) is 0 Å². The van der Waals surface area contributed by atoms with Gasteiger partial charge in [0.1, 0.15) is 17.5 Å². The van der Waals surface area contributed by atoms with Gasteiger partial charge < -0.3 is 14.6 Å². The summed E-state index contributed by atoms with van der Waals surface area (Å²) in [6, 6.07) is 5.16. The lowest BCUT2D eigenvalue weighted by molar-refractivity contribution is 0.0690. The predicted octanol–water partition coefficient (Wildman–Crippen LogP) is 1.89. The molecule has 8 nitrogen and oxygen atoms in total. The standard InChI is InChI=1S/C19H26N6O2/c1-23-17(13-24-9-2-3-10-24)21-22-18(23)14-6-5-11-25(12-14)16-8-4-7-15(20-16)19(26)27/h4,7-8,14H,2-3,5-6,9-13H2,1H3,(H,26,27). The van der Waals surface area contributed by atoms with Crippen molar-refractivity contribution in [2.24, 2.45) is 7.05 Å². The van der Waals surface area contributed by atoms with E-state index in [4.69, 9.17) is 0 Å². The maximum atomic E-state index is 11.2. The van der Waals surface area contributed by atoms with Crippen LogP contribution in [0, 0.1) is 0 Å². The smallest absolute Gasteiger partial charge is 0.354 e. The Hall–Kier alpha value is -2.48. The van der Waals surface area contributed by atoms with E-state index in [9.17, 15) is 9.90 Å². The van der Waals surface area contributed by atoms with Gasteiger partial charge in [0, 0.05) is 26.1 Å². The van der Waals surface area contributed by atoms with Crippen LogP contribution in [0.5, 0.6) is 0 Å². The number of anilines is 1. The lowest BCUT2D eigenvalue weighted by Crippen LogP contribution is -2.36. The van der Waals surface area contributed by atoms with Crippen molar-refractivity contribution in [1.82, 2.24) is 24.6 Å². The zero-order valence-corrected chi connectivity index (χ0v) is 15.7. The van der Waals surface area contributed by atoms with E-state index in [2.05, 4.69) is 36.6 Å². The summed E-state index contributed by atoms with van der Waals surface area (Å²) in [5.41, 5.74) is 0.0844. The summed E-state index contributed by atoms with van der Waals surface area (Å²) < 4.78 is 2.15. The Morgan fingerprint density at radius 3 is 2.78 bits per heavy atom. The third-order valence-corrected chi connectivity index (χ3v) is 5.63. The van der Waals surface area contributed by atoms with Crippen LogP contribution < -0.4 is 4.90 Å². The van der Waals surface area contributed by atoms with Crippen LogP contribution in [0.1, 0.15) is 53.7 Å². The fourth-order valence-corrected chi connectivity index (χ4v) is 4.12. The van der Waals surface area contributed by atoms with Gasteiger partial charge in [-0.05, 0) is 50.9 Å². The number of carboxylic acid groups (broad SMARTS) is 1. The van der Waals surface area contributed by atoms with E-state index in [-0.39, 0.29) is 11.6 Å². The van der Waals surface area contributed by atoms with Gasteiger partial charge in [0.15, 0.2) is 5.69 Å². The van der Waals surface area contributed by atoms with E-state index in [0.717, 1.165) is 63.0 Å². The van der Waals surface area contributed by atoms with E-state index in [0.29, 0.717) is 0 Å². The predicted molar refractivity (Wildman–Crippen MR) is 101 cm³/mol. The van der Waals surface area contributed by atoms with Crippen LogP contribution in [0.25, 0.3) is 0 Å². The highest BCUT2D eigenvalue weighted by molar-refractivity contribution is 5.85. The van der Waals surface area contributed by atoms with Gasteiger partial charge >= 0.3 is 5.97 Å². The van der Waals surface area contributed by atoms with Crippen molar-refractivity contribution in [1.29, 1.82) is 0 Å². The SMILES string of the molecule is Cn1c(CN2CCCC2)nnc1C1CCCN(c2cccc(C(=O)O)n2)C1. The molecular weight excluding hydrogens is 344 g/mol. The van der Waals surface area contributed by atoms with Gasteiger partial charge in [-0.3, -0.25) is 4.90 Å². The number of carboxylic acids is 1. The molecule has 1 atom stereocenters. The molecule has 8 heteroatoms. The third-order valence-electron chi connectivity index (χ3n) is 5.63. The van der Waals surface area contributed by atoms with Crippen molar-refractivity contribution in [3.63, 3.8) is 0 Å². The molecule has 144 valence electrons. The van der Waals surface area contributed by atoms with Crippen molar-refractivity contribution in [2.45, 2.75) is 38.1 Å². The average Bonchev–Trinajstić information content (AvgIpc) is 3.33. The molecule has 0 amide bonds. The summed E-state index contributed by atoms with van der Waals surface area (Å²) in [5.74, 6) is 2.04. The minimum Gasteiger partial charge on any atom is -0.477 e. The fraction of sp³-hybridized carbons (Fsp3) is 0.579. The molecule has 0 aromatic carbocycles. The van der Waals surface area contributed by atoms with Crippen LogP contribution >= 0.6 is 0 Å². The van der Waals surface area contributed by atoms with Crippen LogP contribution in [0.2, 0.25) is 0 Å². The van der Waals surface area contributed by atoms with Crippen molar-refractivity contribution in [2.75, 3.05) is 31.1 Å². The largest absolute Gasteiger partial charge is 0.477 e. The first-order valence-corrected chi connectivity index (χ1v) is 9.67. The molecule has 27 heavy (non-hydrogen) atoms. The second-order valence-corrected chi connectivity index (χ2v) is 7.49. The number of aromatic nitrogens is 4. The van der Waals surface area contributed by atoms with Crippen molar-refractivity contribution >= 4 is 11.8 Å². The molecule has 0 radical (unpaired) electrons. The number of rotatable bonds is 5. The molecule has 1 unspecified atom stereocenters. The number of piperidine rings is 1. The van der Waals surface area contributed by atoms with Crippen LogP contribution in [0.4, 0.5) is 5.82 Å². The molecule has 0 bridgehead atoms. The van der Waals surface area contributed by atoms with E-state index < -0.39 is 5.97 Å². The quantitative estimate of drug-likeness (QED) is 0.860. The number of likely N-dealkylation sites (tertiary alicyclic amines) is 1. The number of hydrogen-bond donors (Lipinski definition) is 1. The molecule has 0 saturated carbocycles. The van der Waals surface area contributed by atoms with Gasteiger partial charge in [0.05, 0.1) is 6.54 Å². The number of aromatic carboxylic acids is 1. The monoisotopic (exact) mass is 370 g/mol. The van der Waals surface area contributed by atoms with E-state index >= 15 is 0 Å². The summed E-state index contributed by atoms with van der Waals surface area (Å²) in [6.45, 7) is 4.81. The third kappa shape index (κ3) is 3.80. The summed E-state index contributed by atoms with van der Waals surface area (Å²) in [5, 5.41) is 18.1. The Morgan fingerprint density at radius 1 is 1.19 bits per heavy atom. The van der Waals surface area contributed by atoms with Crippen molar-refractivity contribution < 1.29 is 9.90 Å². The van der Waals surface area contributed by atoms with Crippen LogP contribution in [0.15, 0.2) is 18.2 Å². The average molecular weight is 370 g/mol. The molecule has 2 saturated heterocycles. The van der Waals surface area contributed by atoms with Crippen molar-refractivity contribution in [3.05, 3.63) is 35.5 Å². The molecule has 0 spiro atoms. The Kier molecular flexibility index (Phi) is 5.07. The minimum absolute atomic E-state index is 0.0844. The molecule has 2 fully saturated rings. The Morgan fingerprint density at radius 2 is 2.00 bits per heavy atom. The van der Waals surface area contributed by atoms with Gasteiger partial charge in [-0.1, -0.05) is 6.07 Å². The summed E-state index contributed by atoms with van der Waals surface area (Å²) in [4.78, 5) is 20.1.